The van der Waals surface area contributed by atoms with Crippen molar-refractivity contribution in [1.29, 1.82) is 0 Å². The lowest BCUT2D eigenvalue weighted by atomic mass is 10.1. The summed E-state index contributed by atoms with van der Waals surface area (Å²) in [6.07, 6.45) is 11.8. The number of nitrogens with one attached hydrogen (secondary N) is 1. The minimum atomic E-state index is -0.0887. The summed E-state index contributed by atoms with van der Waals surface area (Å²) in [6.45, 7) is 2.98. The molecule has 0 aliphatic carbocycles. The van der Waals surface area contributed by atoms with Crippen molar-refractivity contribution >= 4 is 21.8 Å². The van der Waals surface area contributed by atoms with Gasteiger partial charge in [-0.05, 0) is 18.6 Å². The molecule has 1 aromatic rings. The molecule has 0 bridgehead atoms. The van der Waals surface area contributed by atoms with Gasteiger partial charge in [0.15, 0.2) is 0 Å². The molecule has 0 unspecified atom stereocenters. The van der Waals surface area contributed by atoms with Crippen molar-refractivity contribution in [2.75, 3.05) is 6.54 Å². The maximum Gasteiger partial charge on any atom is 0.269 e. The van der Waals surface area contributed by atoms with Crippen LogP contribution in [0.2, 0.25) is 0 Å². The fourth-order valence-corrected chi connectivity index (χ4v) is 2.42. The van der Waals surface area contributed by atoms with E-state index < -0.39 is 0 Å². The lowest BCUT2D eigenvalue weighted by Gasteiger charge is -2.05. The summed E-state index contributed by atoms with van der Waals surface area (Å²) < 4.78 is 0.879. The van der Waals surface area contributed by atoms with Gasteiger partial charge in [0.05, 0.1) is 0 Å². The first-order valence-electron chi connectivity index (χ1n) is 7.63. The Morgan fingerprint density at radius 1 is 1.15 bits per heavy atom. The van der Waals surface area contributed by atoms with Crippen LogP contribution in [0.15, 0.2) is 22.8 Å². The molecule has 0 spiro atoms. The molecule has 0 saturated heterocycles. The van der Waals surface area contributed by atoms with E-state index in [0.717, 1.165) is 17.4 Å². The molecule has 0 aliphatic heterocycles. The largest absolute Gasteiger partial charge is 0.351 e. The van der Waals surface area contributed by atoms with E-state index in [1.807, 2.05) is 6.07 Å². The van der Waals surface area contributed by atoms with Crippen molar-refractivity contribution in [2.45, 2.75) is 58.3 Å². The lowest BCUT2D eigenvalue weighted by molar-refractivity contribution is 0.0948. The lowest BCUT2D eigenvalue weighted by Crippen LogP contribution is -2.25. The molecule has 3 nitrogen and oxygen atoms in total. The van der Waals surface area contributed by atoms with Gasteiger partial charge < -0.3 is 5.32 Å². The topological polar surface area (TPSA) is 42.0 Å². The Kier molecular flexibility index (Phi) is 9.29. The summed E-state index contributed by atoms with van der Waals surface area (Å²) in [4.78, 5) is 15.9. The van der Waals surface area contributed by atoms with E-state index in [9.17, 15) is 4.79 Å². The maximum absolute atomic E-state index is 11.8. The van der Waals surface area contributed by atoms with E-state index in [1.165, 1.54) is 44.9 Å². The number of nitrogens with zero attached hydrogens (tertiary/aromatic N) is 1. The number of hydrogen-bond acceptors (Lipinski definition) is 2. The minimum absolute atomic E-state index is 0.0887. The first-order valence-corrected chi connectivity index (χ1v) is 8.43. The van der Waals surface area contributed by atoms with Gasteiger partial charge >= 0.3 is 0 Å². The van der Waals surface area contributed by atoms with Gasteiger partial charge in [0.1, 0.15) is 5.69 Å². The van der Waals surface area contributed by atoms with Crippen LogP contribution in [-0.2, 0) is 0 Å². The van der Waals surface area contributed by atoms with Crippen LogP contribution in [0.5, 0.6) is 0 Å². The average molecular weight is 341 g/mol. The molecule has 20 heavy (non-hydrogen) atoms. The fourth-order valence-electron chi connectivity index (χ4n) is 2.08. The number of pyridine rings is 1. The highest BCUT2D eigenvalue weighted by molar-refractivity contribution is 9.10. The van der Waals surface area contributed by atoms with Gasteiger partial charge in [0.2, 0.25) is 0 Å². The van der Waals surface area contributed by atoms with Crippen molar-refractivity contribution in [2.24, 2.45) is 0 Å². The molecular weight excluding hydrogens is 316 g/mol. The van der Waals surface area contributed by atoms with E-state index in [-0.39, 0.29) is 5.91 Å². The number of carbonyl (C=O) groups excluding carboxylic acids is 1. The first-order chi connectivity index (χ1) is 9.74. The normalized spacial score (nSPS) is 10.5. The van der Waals surface area contributed by atoms with Crippen LogP contribution in [-0.4, -0.2) is 17.4 Å². The third-order valence-corrected chi connectivity index (χ3v) is 3.76. The van der Waals surface area contributed by atoms with Gasteiger partial charge in [-0.2, -0.15) is 0 Å². The van der Waals surface area contributed by atoms with Crippen LogP contribution in [0.4, 0.5) is 0 Å². The monoisotopic (exact) mass is 340 g/mol. The SMILES string of the molecule is CCCCCCCCCCNC(=O)c1cc(Br)ccn1. The molecule has 1 aromatic heterocycles. The van der Waals surface area contributed by atoms with Crippen molar-refractivity contribution in [3.05, 3.63) is 28.5 Å². The van der Waals surface area contributed by atoms with Gasteiger partial charge in [0, 0.05) is 17.2 Å². The van der Waals surface area contributed by atoms with Gasteiger partial charge in [-0.25, -0.2) is 0 Å². The number of hydrogen-bond donors (Lipinski definition) is 1. The second-order valence-corrected chi connectivity index (χ2v) is 6.01. The predicted octanol–water partition coefficient (Wildman–Crippen LogP) is 4.71. The molecule has 0 aliphatic rings. The second-order valence-electron chi connectivity index (χ2n) is 5.09. The zero-order valence-electron chi connectivity index (χ0n) is 12.3. The van der Waals surface area contributed by atoms with Crippen LogP contribution < -0.4 is 5.32 Å². The van der Waals surface area contributed by atoms with Crippen molar-refractivity contribution < 1.29 is 4.79 Å². The van der Waals surface area contributed by atoms with E-state index in [2.05, 4.69) is 33.2 Å². The summed E-state index contributed by atoms with van der Waals surface area (Å²) in [5, 5.41) is 2.92. The maximum atomic E-state index is 11.8. The van der Waals surface area contributed by atoms with Crippen LogP contribution >= 0.6 is 15.9 Å². The van der Waals surface area contributed by atoms with Crippen LogP contribution in [0.25, 0.3) is 0 Å². The Labute approximate surface area is 130 Å². The molecule has 0 saturated carbocycles. The van der Waals surface area contributed by atoms with Crippen molar-refractivity contribution in [1.82, 2.24) is 10.3 Å². The van der Waals surface area contributed by atoms with Crippen LogP contribution in [0, 0.1) is 0 Å². The summed E-state index contributed by atoms with van der Waals surface area (Å²) in [7, 11) is 0. The number of rotatable bonds is 10. The van der Waals surface area contributed by atoms with E-state index in [1.54, 1.807) is 12.3 Å². The molecule has 0 fully saturated rings. The highest BCUT2D eigenvalue weighted by Gasteiger charge is 2.06. The predicted molar refractivity (Wildman–Crippen MR) is 86.9 cm³/mol. The molecule has 1 rings (SSSR count). The molecule has 1 heterocycles. The summed E-state index contributed by atoms with van der Waals surface area (Å²) in [5.41, 5.74) is 0.471. The van der Waals surface area contributed by atoms with Crippen molar-refractivity contribution in [3.63, 3.8) is 0 Å². The third-order valence-electron chi connectivity index (χ3n) is 3.27. The fraction of sp³-hybridized carbons (Fsp3) is 0.625. The van der Waals surface area contributed by atoms with E-state index in [0.29, 0.717) is 5.69 Å². The minimum Gasteiger partial charge on any atom is -0.351 e. The van der Waals surface area contributed by atoms with Gasteiger partial charge in [0.25, 0.3) is 5.91 Å². The smallest absolute Gasteiger partial charge is 0.269 e. The Hall–Kier alpha value is -0.900. The number of halogens is 1. The summed E-state index contributed by atoms with van der Waals surface area (Å²) in [5.74, 6) is -0.0887. The first kappa shape index (κ1) is 17.2. The van der Waals surface area contributed by atoms with Crippen molar-refractivity contribution in [3.8, 4) is 0 Å². The molecule has 1 N–H and O–H groups in total. The Bertz CT molecular complexity index is 396. The molecule has 0 atom stereocenters. The number of aromatic nitrogens is 1. The Balaban J connectivity index is 2.02. The molecule has 112 valence electrons. The molecule has 1 amide bonds. The van der Waals surface area contributed by atoms with Gasteiger partial charge in [-0.15, -0.1) is 0 Å². The number of carbonyl (C=O) groups is 1. The van der Waals surface area contributed by atoms with Gasteiger partial charge in [-0.3, -0.25) is 9.78 Å². The highest BCUT2D eigenvalue weighted by Crippen LogP contribution is 2.10. The number of amides is 1. The molecular formula is C16H25BrN2O. The average Bonchev–Trinajstić information content (AvgIpc) is 2.45. The van der Waals surface area contributed by atoms with Gasteiger partial charge in [-0.1, -0.05) is 67.8 Å². The molecule has 0 aromatic carbocycles. The Morgan fingerprint density at radius 2 is 1.80 bits per heavy atom. The third kappa shape index (κ3) is 7.63. The Morgan fingerprint density at radius 3 is 2.45 bits per heavy atom. The zero-order valence-corrected chi connectivity index (χ0v) is 13.9. The standard InChI is InChI=1S/C16H25BrN2O/c1-2-3-4-5-6-7-8-9-11-19-16(20)15-13-14(17)10-12-18-15/h10,12-13H,2-9,11H2,1H3,(H,19,20). The summed E-state index contributed by atoms with van der Waals surface area (Å²) >= 11 is 3.34. The zero-order chi connectivity index (χ0) is 14.6. The summed E-state index contributed by atoms with van der Waals surface area (Å²) in [6, 6.07) is 3.55. The highest BCUT2D eigenvalue weighted by atomic mass is 79.9. The molecule has 0 radical (unpaired) electrons. The van der Waals surface area contributed by atoms with E-state index in [4.69, 9.17) is 0 Å². The van der Waals surface area contributed by atoms with Crippen LogP contribution in [0.1, 0.15) is 68.8 Å². The van der Waals surface area contributed by atoms with E-state index >= 15 is 0 Å². The molecule has 4 heteroatoms. The quantitative estimate of drug-likeness (QED) is 0.626. The second kappa shape index (κ2) is 10.8. The number of unbranched alkanes of at least 4 members (excludes halogenated alkanes) is 7. The van der Waals surface area contributed by atoms with Crippen LogP contribution in [0.3, 0.4) is 0 Å².